The lowest BCUT2D eigenvalue weighted by atomic mass is 10.2. The predicted molar refractivity (Wildman–Crippen MR) is 117 cm³/mol. The lowest BCUT2D eigenvalue weighted by molar-refractivity contribution is 0.250. The molecule has 0 saturated carbocycles. The normalized spacial score (nSPS) is 15.0. The van der Waals surface area contributed by atoms with E-state index in [9.17, 15) is 0 Å². The summed E-state index contributed by atoms with van der Waals surface area (Å²) in [4.78, 5) is 12.6. The third-order valence-corrected chi connectivity index (χ3v) is 5.48. The number of aromatic amines is 1. The molecule has 146 valence electrons. The van der Waals surface area contributed by atoms with E-state index in [1.807, 2.05) is 54.7 Å². The number of H-pyrrole nitrogens is 1. The van der Waals surface area contributed by atoms with Crippen LogP contribution < -0.4 is 9.64 Å². The molecule has 1 fully saturated rings. The van der Waals surface area contributed by atoms with Crippen molar-refractivity contribution >= 4 is 16.7 Å². The van der Waals surface area contributed by atoms with E-state index in [4.69, 9.17) is 4.74 Å². The zero-order valence-electron chi connectivity index (χ0n) is 16.3. The molecule has 29 heavy (non-hydrogen) atoms. The van der Waals surface area contributed by atoms with Crippen LogP contribution >= 0.6 is 0 Å². The highest BCUT2D eigenvalue weighted by molar-refractivity contribution is 5.79. The van der Waals surface area contributed by atoms with Crippen molar-refractivity contribution < 1.29 is 4.74 Å². The smallest absolute Gasteiger partial charge is 0.137 e. The minimum Gasteiger partial charge on any atom is -0.457 e. The van der Waals surface area contributed by atoms with Crippen LogP contribution in [0.15, 0.2) is 79.1 Å². The second-order valence-corrected chi connectivity index (χ2v) is 7.39. The number of nitrogens with zero attached hydrogens (tertiary/aromatic N) is 3. The van der Waals surface area contributed by atoms with Gasteiger partial charge in [-0.05, 0) is 54.1 Å². The van der Waals surface area contributed by atoms with Gasteiger partial charge in [0.05, 0.1) is 0 Å². The van der Waals surface area contributed by atoms with Crippen LogP contribution in [0.2, 0.25) is 0 Å². The number of benzene rings is 2. The number of pyridine rings is 1. The fourth-order valence-corrected chi connectivity index (χ4v) is 3.90. The molecular formula is C24H24N4O. The molecule has 3 heterocycles. The minimum absolute atomic E-state index is 0.862. The molecule has 0 aliphatic carbocycles. The molecule has 1 N–H and O–H groups in total. The number of para-hydroxylation sites is 1. The highest BCUT2D eigenvalue weighted by Gasteiger charge is 2.18. The Labute approximate surface area is 170 Å². The first kappa shape index (κ1) is 17.8. The molecule has 0 atom stereocenters. The first-order chi connectivity index (χ1) is 14.3. The lowest BCUT2D eigenvalue weighted by Crippen LogP contribution is -2.45. The fourth-order valence-electron chi connectivity index (χ4n) is 3.90. The first-order valence-electron chi connectivity index (χ1n) is 10.1. The summed E-state index contributed by atoms with van der Waals surface area (Å²) >= 11 is 0. The quantitative estimate of drug-likeness (QED) is 0.543. The first-order valence-corrected chi connectivity index (χ1v) is 10.1. The van der Waals surface area contributed by atoms with Crippen molar-refractivity contribution in [2.75, 3.05) is 31.1 Å². The monoisotopic (exact) mass is 384 g/mol. The summed E-state index contributed by atoms with van der Waals surface area (Å²) in [6.45, 7) is 5.12. The van der Waals surface area contributed by atoms with Gasteiger partial charge in [-0.25, -0.2) is 4.98 Å². The van der Waals surface area contributed by atoms with Crippen molar-refractivity contribution in [1.29, 1.82) is 0 Å². The Balaban J connectivity index is 1.18. The number of ether oxygens (including phenoxy) is 1. The van der Waals surface area contributed by atoms with Crippen molar-refractivity contribution in [3.8, 4) is 11.5 Å². The Morgan fingerprint density at radius 3 is 2.38 bits per heavy atom. The summed E-state index contributed by atoms with van der Waals surface area (Å²) in [7, 11) is 0. The van der Waals surface area contributed by atoms with E-state index < -0.39 is 0 Å². The van der Waals surface area contributed by atoms with Gasteiger partial charge >= 0.3 is 0 Å². The van der Waals surface area contributed by atoms with Gasteiger partial charge in [-0.3, -0.25) is 4.90 Å². The number of nitrogens with one attached hydrogen (secondary N) is 1. The topological polar surface area (TPSA) is 44.4 Å². The van der Waals surface area contributed by atoms with Gasteiger partial charge in [-0.15, -0.1) is 0 Å². The lowest BCUT2D eigenvalue weighted by Gasteiger charge is -2.36. The van der Waals surface area contributed by atoms with Crippen LogP contribution in [0.5, 0.6) is 11.5 Å². The van der Waals surface area contributed by atoms with Crippen molar-refractivity contribution in [3.63, 3.8) is 0 Å². The second kappa shape index (κ2) is 7.97. The number of rotatable bonds is 5. The van der Waals surface area contributed by atoms with Crippen molar-refractivity contribution in [1.82, 2.24) is 14.9 Å². The zero-order valence-corrected chi connectivity index (χ0v) is 16.3. The molecule has 0 bridgehead atoms. The van der Waals surface area contributed by atoms with E-state index in [-0.39, 0.29) is 0 Å². The molecule has 2 aromatic heterocycles. The molecule has 1 aliphatic rings. The predicted octanol–water partition coefficient (Wildman–Crippen LogP) is 4.68. The standard InChI is InChI=1S/C24H24N4O/c1-2-5-21(6-3-1)29-22-10-8-20(9-11-22)28-15-13-27(14-16-28)18-19-17-26-24-23(19)7-4-12-25-24/h1-12,17H,13-16,18H2,(H,25,26). The summed E-state index contributed by atoms with van der Waals surface area (Å²) in [5, 5.41) is 1.23. The summed E-state index contributed by atoms with van der Waals surface area (Å²) < 4.78 is 5.90. The molecule has 1 saturated heterocycles. The summed E-state index contributed by atoms with van der Waals surface area (Å²) in [6.07, 6.45) is 3.92. The van der Waals surface area contributed by atoms with Gasteiger partial charge in [0.15, 0.2) is 0 Å². The van der Waals surface area contributed by atoms with Gasteiger partial charge < -0.3 is 14.6 Å². The van der Waals surface area contributed by atoms with Crippen molar-refractivity contribution in [3.05, 3.63) is 84.7 Å². The Morgan fingerprint density at radius 2 is 1.59 bits per heavy atom. The maximum atomic E-state index is 5.90. The number of fused-ring (bicyclic) bond motifs is 1. The molecule has 0 amide bonds. The molecule has 5 rings (SSSR count). The maximum Gasteiger partial charge on any atom is 0.137 e. The summed E-state index contributed by atoms with van der Waals surface area (Å²) in [6, 6.07) is 22.4. The Kier molecular flexibility index (Phi) is 4.88. The molecule has 2 aromatic carbocycles. The minimum atomic E-state index is 0.862. The van der Waals surface area contributed by atoms with E-state index in [0.29, 0.717) is 0 Å². The second-order valence-electron chi connectivity index (χ2n) is 7.39. The third kappa shape index (κ3) is 3.96. The van der Waals surface area contributed by atoms with E-state index in [2.05, 4.69) is 44.2 Å². The third-order valence-electron chi connectivity index (χ3n) is 5.48. The molecule has 1 aliphatic heterocycles. The van der Waals surface area contributed by atoms with Crippen LogP contribution in [-0.4, -0.2) is 41.0 Å². The highest BCUT2D eigenvalue weighted by Crippen LogP contribution is 2.25. The van der Waals surface area contributed by atoms with E-state index >= 15 is 0 Å². The number of piperazine rings is 1. The van der Waals surface area contributed by atoms with Gasteiger partial charge in [0.1, 0.15) is 17.1 Å². The van der Waals surface area contributed by atoms with Gasteiger partial charge in [0.2, 0.25) is 0 Å². The molecular weight excluding hydrogens is 360 g/mol. The van der Waals surface area contributed by atoms with E-state index in [1.54, 1.807) is 0 Å². The average molecular weight is 384 g/mol. The van der Waals surface area contributed by atoms with Gasteiger partial charge in [-0.2, -0.15) is 0 Å². The Morgan fingerprint density at radius 1 is 0.828 bits per heavy atom. The van der Waals surface area contributed by atoms with Crippen LogP contribution in [0, 0.1) is 0 Å². The van der Waals surface area contributed by atoms with Crippen LogP contribution in [-0.2, 0) is 6.54 Å². The summed E-state index contributed by atoms with van der Waals surface area (Å²) in [5.41, 5.74) is 3.55. The number of hydrogen-bond acceptors (Lipinski definition) is 4. The van der Waals surface area contributed by atoms with Gasteiger partial charge in [-0.1, -0.05) is 18.2 Å². The molecule has 4 aromatic rings. The number of anilines is 1. The van der Waals surface area contributed by atoms with Crippen LogP contribution in [0.4, 0.5) is 5.69 Å². The molecule has 0 radical (unpaired) electrons. The van der Waals surface area contributed by atoms with Gasteiger partial charge in [0.25, 0.3) is 0 Å². The Bertz CT molecular complexity index is 1070. The SMILES string of the molecule is c1ccc(Oc2ccc(N3CCN(Cc4c[nH]c5ncccc45)CC3)cc2)cc1. The molecule has 5 nitrogen and oxygen atoms in total. The highest BCUT2D eigenvalue weighted by atomic mass is 16.5. The molecule has 0 spiro atoms. The zero-order chi connectivity index (χ0) is 19.5. The Hall–Kier alpha value is -3.31. The van der Waals surface area contributed by atoms with Crippen molar-refractivity contribution in [2.45, 2.75) is 6.54 Å². The van der Waals surface area contributed by atoms with Crippen LogP contribution in [0.1, 0.15) is 5.56 Å². The van der Waals surface area contributed by atoms with Gasteiger partial charge in [0, 0.05) is 56.2 Å². The largest absolute Gasteiger partial charge is 0.457 e. The number of hydrogen-bond donors (Lipinski definition) is 1. The van der Waals surface area contributed by atoms with Crippen LogP contribution in [0.3, 0.4) is 0 Å². The maximum absolute atomic E-state index is 5.90. The van der Waals surface area contributed by atoms with Crippen molar-refractivity contribution in [2.24, 2.45) is 0 Å². The fraction of sp³-hybridized carbons (Fsp3) is 0.208. The summed E-state index contributed by atoms with van der Waals surface area (Å²) in [5.74, 6) is 1.73. The average Bonchev–Trinajstić information content (AvgIpc) is 3.19. The molecule has 5 heteroatoms. The van der Waals surface area contributed by atoms with Crippen LogP contribution in [0.25, 0.3) is 11.0 Å². The van der Waals surface area contributed by atoms with E-state index in [0.717, 1.165) is 49.9 Å². The van der Waals surface area contributed by atoms with E-state index in [1.165, 1.54) is 16.6 Å². The number of aromatic nitrogens is 2. The molecule has 0 unspecified atom stereocenters.